The van der Waals surface area contributed by atoms with Crippen LogP contribution in [0, 0.1) is 6.92 Å². The Morgan fingerprint density at radius 1 is 1.20 bits per heavy atom. The van der Waals surface area contributed by atoms with Crippen LogP contribution < -0.4 is 9.08 Å². The maximum absolute atomic E-state index is 11.3. The molecule has 0 aliphatic carbocycles. The largest absolute Gasteiger partial charge is 0.382 e. The molecule has 1 aromatic rings. The molecule has 0 radical (unpaired) electrons. The lowest BCUT2D eigenvalue weighted by Gasteiger charge is -2.36. The molecule has 1 saturated heterocycles. The summed E-state index contributed by atoms with van der Waals surface area (Å²) in [7, 11) is -3.49. The highest BCUT2D eigenvalue weighted by atomic mass is 32.2. The molecule has 0 bridgehead atoms. The first kappa shape index (κ1) is 15.1. The number of hydrogen-bond donors (Lipinski definition) is 0. The predicted molar refractivity (Wildman–Crippen MR) is 81.0 cm³/mol. The molecular formula is C14H22N2O3S. The third-order valence-electron chi connectivity index (χ3n) is 3.66. The second-order valence-corrected chi connectivity index (χ2v) is 6.68. The lowest BCUT2D eigenvalue weighted by Crippen LogP contribution is -2.46. The molecule has 20 heavy (non-hydrogen) atoms. The fraction of sp³-hybridized carbons (Fsp3) is 0.571. The Hall–Kier alpha value is -1.27. The van der Waals surface area contributed by atoms with Crippen molar-refractivity contribution >= 4 is 15.8 Å². The Balaban J connectivity index is 2.19. The molecule has 0 saturated carbocycles. The Morgan fingerprint density at radius 2 is 1.85 bits per heavy atom. The molecule has 0 atom stereocenters. The zero-order valence-electron chi connectivity index (χ0n) is 12.3. The summed E-state index contributed by atoms with van der Waals surface area (Å²) in [5.74, 6) is 0.419. The van der Waals surface area contributed by atoms with Gasteiger partial charge in [-0.2, -0.15) is 8.42 Å². The first-order chi connectivity index (χ1) is 9.40. The van der Waals surface area contributed by atoms with E-state index in [1.807, 2.05) is 19.1 Å². The lowest BCUT2D eigenvalue weighted by molar-refractivity contribution is 0.271. The number of likely N-dealkylation sites (N-methyl/N-ethyl adjacent to an activating group) is 1. The van der Waals surface area contributed by atoms with Crippen LogP contribution in [0.5, 0.6) is 5.75 Å². The minimum atomic E-state index is -3.49. The van der Waals surface area contributed by atoms with E-state index in [0.717, 1.165) is 50.2 Å². The maximum atomic E-state index is 11.3. The third kappa shape index (κ3) is 3.64. The number of anilines is 1. The van der Waals surface area contributed by atoms with Crippen molar-refractivity contribution in [2.75, 3.05) is 43.9 Å². The van der Waals surface area contributed by atoms with Crippen LogP contribution in [-0.4, -0.2) is 52.3 Å². The quantitative estimate of drug-likeness (QED) is 0.788. The van der Waals surface area contributed by atoms with Crippen LogP contribution in [0.4, 0.5) is 5.69 Å². The minimum Gasteiger partial charge on any atom is -0.382 e. The molecule has 1 fully saturated rings. The van der Waals surface area contributed by atoms with Crippen molar-refractivity contribution in [2.45, 2.75) is 13.8 Å². The normalized spacial score (nSPS) is 17.2. The van der Waals surface area contributed by atoms with E-state index in [2.05, 4.69) is 16.7 Å². The zero-order valence-corrected chi connectivity index (χ0v) is 13.1. The first-order valence-electron chi connectivity index (χ1n) is 6.87. The van der Waals surface area contributed by atoms with Gasteiger partial charge in [-0.05, 0) is 25.6 Å². The van der Waals surface area contributed by atoms with E-state index in [9.17, 15) is 8.42 Å². The van der Waals surface area contributed by atoms with Crippen molar-refractivity contribution in [3.8, 4) is 5.75 Å². The van der Waals surface area contributed by atoms with Gasteiger partial charge in [0.25, 0.3) is 0 Å². The molecule has 1 aliphatic heterocycles. The van der Waals surface area contributed by atoms with E-state index >= 15 is 0 Å². The second kappa shape index (κ2) is 6.01. The van der Waals surface area contributed by atoms with Crippen LogP contribution in [0.1, 0.15) is 12.5 Å². The highest BCUT2D eigenvalue weighted by Gasteiger charge is 2.19. The molecule has 1 aromatic carbocycles. The van der Waals surface area contributed by atoms with Crippen molar-refractivity contribution in [1.82, 2.24) is 4.90 Å². The van der Waals surface area contributed by atoms with Gasteiger partial charge in [-0.25, -0.2) is 0 Å². The molecule has 0 aromatic heterocycles. The van der Waals surface area contributed by atoms with E-state index < -0.39 is 10.1 Å². The summed E-state index contributed by atoms with van der Waals surface area (Å²) < 4.78 is 27.6. The summed E-state index contributed by atoms with van der Waals surface area (Å²) in [4.78, 5) is 4.69. The molecule has 5 nitrogen and oxygen atoms in total. The summed E-state index contributed by atoms with van der Waals surface area (Å²) in [5.41, 5.74) is 1.93. The standard InChI is InChI=1S/C14H22N2O3S/c1-4-15-8-10-16(11-9-15)13-6-5-7-14(12(13)2)19-20(3,17)18/h5-7H,4,8-11H2,1-3H3. The van der Waals surface area contributed by atoms with E-state index in [1.165, 1.54) is 0 Å². The highest BCUT2D eigenvalue weighted by molar-refractivity contribution is 7.86. The summed E-state index contributed by atoms with van der Waals surface area (Å²) >= 11 is 0. The van der Waals surface area contributed by atoms with E-state index in [0.29, 0.717) is 5.75 Å². The van der Waals surface area contributed by atoms with E-state index in [-0.39, 0.29) is 0 Å². The van der Waals surface area contributed by atoms with Crippen molar-refractivity contribution < 1.29 is 12.6 Å². The molecule has 1 heterocycles. The van der Waals surface area contributed by atoms with Gasteiger partial charge < -0.3 is 14.0 Å². The van der Waals surface area contributed by atoms with Crippen molar-refractivity contribution in [2.24, 2.45) is 0 Å². The van der Waals surface area contributed by atoms with Gasteiger partial charge in [0.2, 0.25) is 0 Å². The monoisotopic (exact) mass is 298 g/mol. The minimum absolute atomic E-state index is 0.419. The Labute approximate surface area is 121 Å². The van der Waals surface area contributed by atoms with Gasteiger partial charge in [0.1, 0.15) is 5.75 Å². The van der Waals surface area contributed by atoms with Crippen LogP contribution in [0.15, 0.2) is 18.2 Å². The number of hydrogen-bond acceptors (Lipinski definition) is 5. The maximum Gasteiger partial charge on any atom is 0.306 e. The third-order valence-corrected chi connectivity index (χ3v) is 4.14. The van der Waals surface area contributed by atoms with Gasteiger partial charge >= 0.3 is 10.1 Å². The summed E-state index contributed by atoms with van der Waals surface area (Å²) in [6, 6.07) is 5.56. The molecule has 112 valence electrons. The topological polar surface area (TPSA) is 49.9 Å². The molecular weight excluding hydrogens is 276 g/mol. The van der Waals surface area contributed by atoms with E-state index in [1.54, 1.807) is 6.07 Å². The summed E-state index contributed by atoms with van der Waals surface area (Å²) in [6.07, 6.45) is 1.07. The van der Waals surface area contributed by atoms with Gasteiger partial charge in [-0.3, -0.25) is 0 Å². The van der Waals surface area contributed by atoms with Gasteiger partial charge in [-0.1, -0.05) is 13.0 Å². The molecule has 1 aliphatic rings. The van der Waals surface area contributed by atoms with Crippen LogP contribution >= 0.6 is 0 Å². The average Bonchev–Trinajstić information content (AvgIpc) is 2.40. The van der Waals surface area contributed by atoms with Crippen molar-refractivity contribution in [3.05, 3.63) is 23.8 Å². The van der Waals surface area contributed by atoms with Gasteiger partial charge in [0.15, 0.2) is 0 Å². The number of piperazine rings is 1. The van der Waals surface area contributed by atoms with Crippen LogP contribution in [0.25, 0.3) is 0 Å². The summed E-state index contributed by atoms with van der Waals surface area (Å²) in [6.45, 7) is 9.13. The van der Waals surface area contributed by atoms with Crippen LogP contribution in [-0.2, 0) is 10.1 Å². The Morgan fingerprint density at radius 3 is 2.40 bits per heavy atom. The number of nitrogens with zero attached hydrogens (tertiary/aromatic N) is 2. The summed E-state index contributed by atoms with van der Waals surface area (Å²) in [5, 5.41) is 0. The van der Waals surface area contributed by atoms with Gasteiger partial charge in [0, 0.05) is 37.4 Å². The number of benzene rings is 1. The molecule has 0 spiro atoms. The first-order valence-corrected chi connectivity index (χ1v) is 8.68. The predicted octanol–water partition coefficient (Wildman–Crippen LogP) is 1.48. The van der Waals surface area contributed by atoms with E-state index in [4.69, 9.17) is 4.18 Å². The molecule has 0 unspecified atom stereocenters. The fourth-order valence-electron chi connectivity index (χ4n) is 2.50. The Bertz CT molecular complexity index is 564. The molecule has 0 amide bonds. The van der Waals surface area contributed by atoms with Gasteiger partial charge in [-0.15, -0.1) is 0 Å². The molecule has 0 N–H and O–H groups in total. The molecule has 2 rings (SSSR count). The van der Waals surface area contributed by atoms with Crippen molar-refractivity contribution in [1.29, 1.82) is 0 Å². The van der Waals surface area contributed by atoms with Crippen LogP contribution in [0.3, 0.4) is 0 Å². The van der Waals surface area contributed by atoms with Gasteiger partial charge in [0.05, 0.1) is 6.26 Å². The average molecular weight is 298 g/mol. The zero-order chi connectivity index (χ0) is 14.8. The number of rotatable bonds is 4. The lowest BCUT2D eigenvalue weighted by atomic mass is 10.1. The fourth-order valence-corrected chi connectivity index (χ4v) is 3.01. The molecule has 6 heteroatoms. The SMILES string of the molecule is CCN1CCN(c2cccc(OS(C)(=O)=O)c2C)CC1. The van der Waals surface area contributed by atoms with Crippen LogP contribution in [0.2, 0.25) is 0 Å². The second-order valence-electron chi connectivity index (χ2n) is 5.11. The highest BCUT2D eigenvalue weighted by Crippen LogP contribution is 2.29. The Kier molecular flexibility index (Phi) is 4.55. The smallest absolute Gasteiger partial charge is 0.306 e. The van der Waals surface area contributed by atoms with Crippen molar-refractivity contribution in [3.63, 3.8) is 0 Å².